The van der Waals surface area contributed by atoms with Crippen molar-refractivity contribution >= 4 is 27.5 Å². The van der Waals surface area contributed by atoms with Crippen molar-refractivity contribution in [3.63, 3.8) is 0 Å². The molecule has 3 aromatic rings. The average molecular weight is 422 g/mol. The molecule has 0 radical (unpaired) electrons. The summed E-state index contributed by atoms with van der Waals surface area (Å²) in [5, 5.41) is 3.04. The largest absolute Gasteiger partial charge is 0.320 e. The van der Waals surface area contributed by atoms with E-state index < -0.39 is 0 Å². The van der Waals surface area contributed by atoms with Gasteiger partial charge in [0.1, 0.15) is 0 Å². The molecule has 0 fully saturated rings. The molecule has 27 heavy (non-hydrogen) atoms. The summed E-state index contributed by atoms with van der Waals surface area (Å²) in [6.45, 7) is 2.73. The SMILES string of the molecule is O=C(Nc1cncc2c1CCN(Cc1ccccc1)C2)c1cccc(Br)c1. The summed E-state index contributed by atoms with van der Waals surface area (Å²) in [5.74, 6) is -0.113. The number of anilines is 1. The maximum atomic E-state index is 12.6. The normalized spacial score (nSPS) is 13.8. The highest BCUT2D eigenvalue weighted by atomic mass is 79.9. The highest BCUT2D eigenvalue weighted by Gasteiger charge is 2.20. The summed E-state index contributed by atoms with van der Waals surface area (Å²) in [4.78, 5) is 19.4. The Balaban J connectivity index is 1.49. The second-order valence-corrected chi connectivity index (χ2v) is 7.65. The Morgan fingerprint density at radius 1 is 1.11 bits per heavy atom. The van der Waals surface area contributed by atoms with Gasteiger partial charge in [-0.3, -0.25) is 14.7 Å². The minimum Gasteiger partial charge on any atom is -0.320 e. The van der Waals surface area contributed by atoms with Crippen molar-refractivity contribution in [3.05, 3.63) is 93.7 Å². The zero-order valence-electron chi connectivity index (χ0n) is 14.9. The van der Waals surface area contributed by atoms with Gasteiger partial charge in [0.05, 0.1) is 11.9 Å². The van der Waals surface area contributed by atoms with E-state index in [1.807, 2.05) is 36.5 Å². The molecule has 136 valence electrons. The lowest BCUT2D eigenvalue weighted by molar-refractivity contribution is 0.102. The smallest absolute Gasteiger partial charge is 0.255 e. The number of nitrogens with zero attached hydrogens (tertiary/aromatic N) is 2. The van der Waals surface area contributed by atoms with Crippen molar-refractivity contribution in [2.75, 3.05) is 11.9 Å². The third-order valence-corrected chi connectivity index (χ3v) is 5.30. The standard InChI is InChI=1S/C22H20BrN3O/c23-19-8-4-7-17(11-19)22(27)25-21-13-24-12-18-15-26(10-9-20(18)21)14-16-5-2-1-3-6-16/h1-8,11-13H,9-10,14-15H2,(H,25,27). The van der Waals surface area contributed by atoms with Crippen LogP contribution in [0.3, 0.4) is 0 Å². The van der Waals surface area contributed by atoms with E-state index in [1.165, 1.54) is 16.7 Å². The molecule has 1 N–H and O–H groups in total. The number of aromatic nitrogens is 1. The molecule has 5 heteroatoms. The van der Waals surface area contributed by atoms with Crippen LogP contribution in [0, 0.1) is 0 Å². The summed E-state index contributed by atoms with van der Waals surface area (Å²) in [6, 6.07) is 17.9. The average Bonchev–Trinajstić information content (AvgIpc) is 2.69. The van der Waals surface area contributed by atoms with Gasteiger partial charge >= 0.3 is 0 Å². The van der Waals surface area contributed by atoms with Crippen LogP contribution in [0.5, 0.6) is 0 Å². The van der Waals surface area contributed by atoms with Gasteiger partial charge in [-0.15, -0.1) is 0 Å². The van der Waals surface area contributed by atoms with Crippen LogP contribution in [0.4, 0.5) is 5.69 Å². The third kappa shape index (κ3) is 4.26. The van der Waals surface area contributed by atoms with Crippen LogP contribution in [0.1, 0.15) is 27.0 Å². The van der Waals surface area contributed by atoms with Gasteiger partial charge in [0.15, 0.2) is 0 Å². The molecule has 0 saturated heterocycles. The maximum absolute atomic E-state index is 12.6. The van der Waals surface area contributed by atoms with Gasteiger partial charge in [0, 0.05) is 35.9 Å². The Kier molecular flexibility index (Phi) is 5.32. The van der Waals surface area contributed by atoms with Crippen LogP contribution in [-0.4, -0.2) is 22.3 Å². The number of hydrogen-bond acceptors (Lipinski definition) is 3. The summed E-state index contributed by atoms with van der Waals surface area (Å²) < 4.78 is 0.889. The first-order valence-corrected chi connectivity index (χ1v) is 9.77. The minimum absolute atomic E-state index is 0.113. The summed E-state index contributed by atoms with van der Waals surface area (Å²) in [5.41, 5.74) is 5.13. The van der Waals surface area contributed by atoms with Crippen LogP contribution >= 0.6 is 15.9 Å². The number of amides is 1. The third-order valence-electron chi connectivity index (χ3n) is 4.80. The Morgan fingerprint density at radius 2 is 1.96 bits per heavy atom. The molecule has 1 aliphatic heterocycles. The Morgan fingerprint density at radius 3 is 2.78 bits per heavy atom. The van der Waals surface area contributed by atoms with E-state index in [0.717, 1.165) is 36.2 Å². The summed E-state index contributed by atoms with van der Waals surface area (Å²) in [6.07, 6.45) is 4.57. The quantitative estimate of drug-likeness (QED) is 0.666. The summed E-state index contributed by atoms with van der Waals surface area (Å²) in [7, 11) is 0. The molecule has 2 aromatic carbocycles. The number of rotatable bonds is 4. The molecule has 0 saturated carbocycles. The van der Waals surface area contributed by atoms with Crippen LogP contribution < -0.4 is 5.32 Å². The number of carbonyl (C=O) groups is 1. The van der Waals surface area contributed by atoms with Gasteiger partial charge < -0.3 is 5.32 Å². The molecule has 1 amide bonds. The topological polar surface area (TPSA) is 45.2 Å². The molecule has 1 aliphatic rings. The molecule has 0 bridgehead atoms. The fourth-order valence-electron chi connectivity index (χ4n) is 3.46. The molecule has 4 rings (SSSR count). The van der Waals surface area contributed by atoms with Gasteiger partial charge in [0.2, 0.25) is 0 Å². The van der Waals surface area contributed by atoms with E-state index in [2.05, 4.69) is 55.4 Å². The lowest BCUT2D eigenvalue weighted by Crippen LogP contribution is -2.31. The van der Waals surface area contributed by atoms with Crippen LogP contribution in [0.2, 0.25) is 0 Å². The molecule has 0 aliphatic carbocycles. The molecule has 2 heterocycles. The van der Waals surface area contributed by atoms with Gasteiger partial charge in [-0.05, 0) is 41.3 Å². The van der Waals surface area contributed by atoms with Gasteiger partial charge in [0.25, 0.3) is 5.91 Å². The number of hydrogen-bond donors (Lipinski definition) is 1. The predicted molar refractivity (Wildman–Crippen MR) is 111 cm³/mol. The second kappa shape index (κ2) is 8.03. The number of fused-ring (bicyclic) bond motifs is 1. The number of nitrogens with one attached hydrogen (secondary N) is 1. The first-order valence-electron chi connectivity index (χ1n) is 8.98. The lowest BCUT2D eigenvalue weighted by atomic mass is 9.99. The van der Waals surface area contributed by atoms with E-state index in [-0.39, 0.29) is 5.91 Å². The highest BCUT2D eigenvalue weighted by molar-refractivity contribution is 9.10. The van der Waals surface area contributed by atoms with Crippen molar-refractivity contribution in [2.24, 2.45) is 0 Å². The monoisotopic (exact) mass is 421 g/mol. The lowest BCUT2D eigenvalue weighted by Gasteiger charge is -2.29. The molecule has 1 aromatic heterocycles. The minimum atomic E-state index is -0.113. The molecule has 4 nitrogen and oxygen atoms in total. The molecule has 0 unspecified atom stereocenters. The van der Waals surface area contributed by atoms with E-state index in [0.29, 0.717) is 5.56 Å². The predicted octanol–water partition coefficient (Wildman–Crippen LogP) is 4.65. The fourth-order valence-corrected chi connectivity index (χ4v) is 3.86. The fraction of sp³-hybridized carbons (Fsp3) is 0.182. The Labute approximate surface area is 167 Å². The molecule has 0 atom stereocenters. The summed E-state index contributed by atoms with van der Waals surface area (Å²) >= 11 is 3.41. The molecular formula is C22H20BrN3O. The Hall–Kier alpha value is -2.50. The highest BCUT2D eigenvalue weighted by Crippen LogP contribution is 2.26. The number of halogens is 1. The van der Waals surface area contributed by atoms with Crippen LogP contribution in [0.15, 0.2) is 71.5 Å². The van der Waals surface area contributed by atoms with Crippen molar-refractivity contribution in [1.29, 1.82) is 0 Å². The number of carbonyl (C=O) groups excluding carboxylic acids is 1. The molecular weight excluding hydrogens is 402 g/mol. The number of benzene rings is 2. The Bertz CT molecular complexity index is 959. The van der Waals surface area contributed by atoms with E-state index >= 15 is 0 Å². The first kappa shape index (κ1) is 17.9. The first-order chi connectivity index (χ1) is 13.2. The van der Waals surface area contributed by atoms with E-state index in [4.69, 9.17) is 0 Å². The van der Waals surface area contributed by atoms with Crippen molar-refractivity contribution in [2.45, 2.75) is 19.5 Å². The zero-order valence-corrected chi connectivity index (χ0v) is 16.4. The van der Waals surface area contributed by atoms with Crippen LogP contribution in [0.25, 0.3) is 0 Å². The number of pyridine rings is 1. The van der Waals surface area contributed by atoms with Crippen molar-refractivity contribution in [3.8, 4) is 0 Å². The zero-order chi connectivity index (χ0) is 18.6. The second-order valence-electron chi connectivity index (χ2n) is 6.74. The molecule has 0 spiro atoms. The van der Waals surface area contributed by atoms with Crippen LogP contribution in [-0.2, 0) is 19.5 Å². The maximum Gasteiger partial charge on any atom is 0.255 e. The van der Waals surface area contributed by atoms with Crippen molar-refractivity contribution in [1.82, 2.24) is 9.88 Å². The van der Waals surface area contributed by atoms with E-state index in [1.54, 1.807) is 6.20 Å². The van der Waals surface area contributed by atoms with Crippen molar-refractivity contribution < 1.29 is 4.79 Å². The van der Waals surface area contributed by atoms with E-state index in [9.17, 15) is 4.79 Å². The van der Waals surface area contributed by atoms with Gasteiger partial charge in [-0.2, -0.15) is 0 Å². The van der Waals surface area contributed by atoms with Gasteiger partial charge in [-0.25, -0.2) is 0 Å². The van der Waals surface area contributed by atoms with Gasteiger partial charge in [-0.1, -0.05) is 52.3 Å².